The maximum Gasteiger partial charge on any atom is 0.226 e. The zero-order valence-corrected chi connectivity index (χ0v) is 15.9. The normalized spacial score (nSPS) is 10.5. The summed E-state index contributed by atoms with van der Waals surface area (Å²) in [6, 6.07) is 14.3. The minimum Gasteiger partial charge on any atom is -0.489 e. The highest BCUT2D eigenvalue weighted by molar-refractivity contribution is 6.33. The number of halogens is 1. The Morgan fingerprint density at radius 1 is 1.12 bits per heavy atom. The zero-order chi connectivity index (χ0) is 19.1. The van der Waals surface area contributed by atoms with E-state index in [9.17, 15) is 9.59 Å². The van der Waals surface area contributed by atoms with Crippen LogP contribution in [0, 0.1) is 0 Å². The molecule has 2 aromatic rings. The predicted octanol–water partition coefficient (Wildman–Crippen LogP) is 4.51. The molecule has 5 nitrogen and oxygen atoms in total. The molecule has 2 rings (SSSR count). The lowest BCUT2D eigenvalue weighted by Crippen LogP contribution is -2.32. The fraction of sp³-hybridized carbons (Fsp3) is 0.300. The van der Waals surface area contributed by atoms with Crippen LogP contribution in [-0.2, 0) is 9.59 Å². The third-order valence-corrected chi connectivity index (χ3v) is 3.94. The van der Waals surface area contributed by atoms with Crippen molar-refractivity contribution < 1.29 is 14.3 Å². The van der Waals surface area contributed by atoms with Crippen LogP contribution in [0.25, 0.3) is 0 Å². The Bertz CT molecular complexity index is 777. The molecule has 0 heterocycles. The van der Waals surface area contributed by atoms with Gasteiger partial charge in [0, 0.05) is 19.9 Å². The van der Waals surface area contributed by atoms with Crippen molar-refractivity contribution in [2.75, 3.05) is 16.8 Å². The van der Waals surface area contributed by atoms with Gasteiger partial charge in [0.15, 0.2) is 0 Å². The lowest BCUT2D eigenvalue weighted by molar-refractivity contribution is -0.117. The first kappa shape index (κ1) is 19.8. The fourth-order valence-electron chi connectivity index (χ4n) is 2.47. The molecule has 0 spiro atoms. The van der Waals surface area contributed by atoms with Crippen molar-refractivity contribution in [1.82, 2.24) is 0 Å². The van der Waals surface area contributed by atoms with Crippen molar-refractivity contribution in [2.24, 2.45) is 0 Å². The van der Waals surface area contributed by atoms with E-state index >= 15 is 0 Å². The van der Waals surface area contributed by atoms with Gasteiger partial charge in [-0.25, -0.2) is 0 Å². The summed E-state index contributed by atoms with van der Waals surface area (Å²) in [5.74, 6) is 0.242. The van der Waals surface area contributed by atoms with Crippen LogP contribution < -0.4 is 15.0 Å². The van der Waals surface area contributed by atoms with Crippen LogP contribution in [-0.4, -0.2) is 24.5 Å². The van der Waals surface area contributed by atoms with E-state index in [1.165, 1.54) is 6.92 Å². The molecule has 0 saturated carbocycles. The smallest absolute Gasteiger partial charge is 0.226 e. The molecule has 138 valence electrons. The highest BCUT2D eigenvalue weighted by Gasteiger charge is 2.18. The highest BCUT2D eigenvalue weighted by atomic mass is 35.5. The number of carbonyl (C=O) groups is 2. The van der Waals surface area contributed by atoms with Crippen molar-refractivity contribution in [3.05, 3.63) is 53.6 Å². The van der Waals surface area contributed by atoms with Gasteiger partial charge in [0.25, 0.3) is 0 Å². The van der Waals surface area contributed by atoms with E-state index in [4.69, 9.17) is 16.3 Å². The van der Waals surface area contributed by atoms with Crippen LogP contribution in [0.15, 0.2) is 48.5 Å². The van der Waals surface area contributed by atoms with Gasteiger partial charge in [-0.05, 0) is 38.1 Å². The molecule has 2 amide bonds. The fourth-order valence-corrected chi connectivity index (χ4v) is 2.65. The Morgan fingerprint density at radius 3 is 2.42 bits per heavy atom. The molecule has 26 heavy (non-hydrogen) atoms. The van der Waals surface area contributed by atoms with Gasteiger partial charge in [0.1, 0.15) is 5.75 Å². The SMILES string of the molecule is CC(=O)N(CCC(=O)Nc1ccccc1Cl)c1ccccc1OC(C)C. The van der Waals surface area contributed by atoms with Crippen LogP contribution in [0.1, 0.15) is 27.2 Å². The minimum atomic E-state index is -0.216. The third-order valence-electron chi connectivity index (χ3n) is 3.61. The number of hydrogen-bond donors (Lipinski definition) is 1. The lowest BCUT2D eigenvalue weighted by atomic mass is 10.2. The van der Waals surface area contributed by atoms with E-state index in [2.05, 4.69) is 5.32 Å². The standard InChI is InChI=1S/C20H23ClN2O3/c1-14(2)26-19-11-7-6-10-18(19)23(15(3)24)13-12-20(25)22-17-9-5-4-8-16(17)21/h4-11,14H,12-13H2,1-3H3,(H,22,25). The number of amides is 2. The number of hydrogen-bond acceptors (Lipinski definition) is 3. The van der Waals surface area contributed by atoms with Gasteiger partial charge >= 0.3 is 0 Å². The van der Waals surface area contributed by atoms with E-state index in [1.807, 2.05) is 38.1 Å². The molecular weight excluding hydrogens is 352 g/mol. The Kier molecular flexibility index (Phi) is 7.04. The van der Waals surface area contributed by atoms with Gasteiger partial charge in [-0.15, -0.1) is 0 Å². The summed E-state index contributed by atoms with van der Waals surface area (Å²) in [6.45, 7) is 5.56. The molecule has 0 radical (unpaired) electrons. The molecule has 0 aliphatic heterocycles. The van der Waals surface area contributed by atoms with Gasteiger partial charge in [-0.1, -0.05) is 35.9 Å². The average Bonchev–Trinajstić information content (AvgIpc) is 2.58. The molecule has 6 heteroatoms. The van der Waals surface area contributed by atoms with Crippen molar-refractivity contribution in [3.63, 3.8) is 0 Å². The maximum atomic E-state index is 12.2. The number of benzene rings is 2. The monoisotopic (exact) mass is 374 g/mol. The Hall–Kier alpha value is -2.53. The molecular formula is C20H23ClN2O3. The van der Waals surface area contributed by atoms with Gasteiger partial charge in [-0.3, -0.25) is 9.59 Å². The average molecular weight is 375 g/mol. The van der Waals surface area contributed by atoms with Crippen molar-refractivity contribution in [1.29, 1.82) is 0 Å². The molecule has 2 aromatic carbocycles. The number of para-hydroxylation sites is 3. The van der Waals surface area contributed by atoms with E-state index in [-0.39, 0.29) is 30.9 Å². The van der Waals surface area contributed by atoms with Crippen LogP contribution >= 0.6 is 11.6 Å². The second-order valence-corrected chi connectivity index (χ2v) is 6.49. The lowest BCUT2D eigenvalue weighted by Gasteiger charge is -2.24. The first-order chi connectivity index (χ1) is 12.4. The van der Waals surface area contributed by atoms with Crippen LogP contribution in [0.4, 0.5) is 11.4 Å². The predicted molar refractivity (Wildman–Crippen MR) is 105 cm³/mol. The maximum absolute atomic E-state index is 12.2. The third kappa shape index (κ3) is 5.49. The van der Waals surface area contributed by atoms with E-state index in [1.54, 1.807) is 29.2 Å². The summed E-state index contributed by atoms with van der Waals surface area (Å²) in [4.78, 5) is 25.9. The number of nitrogens with zero attached hydrogens (tertiary/aromatic N) is 1. The van der Waals surface area contributed by atoms with Crippen LogP contribution in [0.2, 0.25) is 5.02 Å². The molecule has 0 atom stereocenters. The molecule has 0 unspecified atom stereocenters. The molecule has 0 saturated heterocycles. The zero-order valence-electron chi connectivity index (χ0n) is 15.2. The Balaban J connectivity index is 2.09. The number of anilines is 2. The number of carbonyl (C=O) groups excluding carboxylic acids is 2. The van der Waals surface area contributed by atoms with Gasteiger partial charge < -0.3 is 15.0 Å². The summed E-state index contributed by atoms with van der Waals surface area (Å²) < 4.78 is 5.78. The summed E-state index contributed by atoms with van der Waals surface area (Å²) in [5.41, 5.74) is 1.20. The van der Waals surface area contributed by atoms with Crippen molar-refractivity contribution in [2.45, 2.75) is 33.3 Å². The van der Waals surface area contributed by atoms with Gasteiger partial charge in [-0.2, -0.15) is 0 Å². The first-order valence-electron chi connectivity index (χ1n) is 8.46. The second kappa shape index (κ2) is 9.25. The molecule has 0 bridgehead atoms. The molecule has 0 aromatic heterocycles. The van der Waals surface area contributed by atoms with Crippen molar-refractivity contribution in [3.8, 4) is 5.75 Å². The van der Waals surface area contributed by atoms with Gasteiger partial charge in [0.05, 0.1) is 22.5 Å². The molecule has 0 fully saturated rings. The summed E-state index contributed by atoms with van der Waals surface area (Å²) >= 11 is 6.05. The summed E-state index contributed by atoms with van der Waals surface area (Å²) in [5, 5.41) is 3.23. The Morgan fingerprint density at radius 2 is 1.77 bits per heavy atom. The first-order valence-corrected chi connectivity index (χ1v) is 8.84. The van der Waals surface area contributed by atoms with Crippen LogP contribution in [0.5, 0.6) is 5.75 Å². The number of rotatable bonds is 7. The Labute approximate surface area is 158 Å². The highest BCUT2D eigenvalue weighted by Crippen LogP contribution is 2.29. The molecule has 1 N–H and O–H groups in total. The van der Waals surface area contributed by atoms with E-state index in [0.29, 0.717) is 22.1 Å². The van der Waals surface area contributed by atoms with E-state index < -0.39 is 0 Å². The quantitative estimate of drug-likeness (QED) is 0.775. The van der Waals surface area contributed by atoms with Crippen molar-refractivity contribution >= 4 is 34.8 Å². The topological polar surface area (TPSA) is 58.6 Å². The van der Waals surface area contributed by atoms with Gasteiger partial charge in [0.2, 0.25) is 11.8 Å². The number of ether oxygens (including phenoxy) is 1. The van der Waals surface area contributed by atoms with E-state index in [0.717, 1.165) is 0 Å². The molecule has 0 aliphatic carbocycles. The second-order valence-electron chi connectivity index (χ2n) is 6.08. The summed E-state index contributed by atoms with van der Waals surface area (Å²) in [7, 11) is 0. The molecule has 0 aliphatic rings. The number of nitrogens with one attached hydrogen (secondary N) is 1. The summed E-state index contributed by atoms with van der Waals surface area (Å²) in [6.07, 6.45) is 0.120. The van der Waals surface area contributed by atoms with Crippen LogP contribution in [0.3, 0.4) is 0 Å². The largest absolute Gasteiger partial charge is 0.489 e. The minimum absolute atomic E-state index is 0.0199.